The van der Waals surface area contributed by atoms with E-state index in [1.165, 1.54) is 11.5 Å². The number of nitrogens with one attached hydrogen (secondary N) is 2. The Labute approximate surface area is 203 Å². The second kappa shape index (κ2) is 8.96. The number of amides is 1. The van der Waals surface area contributed by atoms with E-state index in [0.717, 1.165) is 44.4 Å². The molecular formula is C26H19N7OS. The molecule has 0 saturated carbocycles. The Morgan fingerprint density at radius 1 is 0.971 bits per heavy atom. The van der Waals surface area contributed by atoms with Crippen LogP contribution in [-0.2, 0) is 11.2 Å². The van der Waals surface area contributed by atoms with Gasteiger partial charge in [-0.25, -0.2) is 9.98 Å². The Kier molecular flexibility index (Phi) is 5.36. The molecular weight excluding hydrogens is 458 g/mol. The maximum absolute atomic E-state index is 12.6. The summed E-state index contributed by atoms with van der Waals surface area (Å²) in [5.41, 5.74) is 6.16. The number of carbonyl (C=O) groups excluding carboxylic acids is 1. The maximum Gasteiger partial charge on any atom is 0.252 e. The van der Waals surface area contributed by atoms with Crippen LogP contribution in [0.3, 0.4) is 0 Å². The zero-order valence-corrected chi connectivity index (χ0v) is 19.2. The van der Waals surface area contributed by atoms with Crippen molar-refractivity contribution in [3.8, 4) is 11.3 Å². The summed E-state index contributed by atoms with van der Waals surface area (Å²) in [7, 11) is 0. The van der Waals surface area contributed by atoms with E-state index in [4.69, 9.17) is 0 Å². The number of aliphatic imine (C=N–C) groups is 2. The summed E-state index contributed by atoms with van der Waals surface area (Å²) in [6.45, 7) is 0. The van der Waals surface area contributed by atoms with Crippen molar-refractivity contribution in [3.05, 3.63) is 107 Å². The third kappa shape index (κ3) is 4.32. The Hall–Kier alpha value is -4.63. The Bertz CT molecular complexity index is 1680. The number of rotatable bonds is 5. The van der Waals surface area contributed by atoms with Gasteiger partial charge in [0.25, 0.3) is 5.91 Å². The van der Waals surface area contributed by atoms with E-state index >= 15 is 0 Å². The fourth-order valence-corrected chi connectivity index (χ4v) is 4.59. The van der Waals surface area contributed by atoms with E-state index < -0.39 is 0 Å². The zero-order valence-electron chi connectivity index (χ0n) is 18.4. The number of nitrogens with zero attached hydrogens (tertiary/aromatic N) is 5. The number of aromatic nitrogens is 4. The molecule has 0 fully saturated rings. The lowest BCUT2D eigenvalue weighted by atomic mass is 10.1. The molecule has 0 spiro atoms. The summed E-state index contributed by atoms with van der Waals surface area (Å²) >= 11 is 1.34. The third-order valence-electron chi connectivity index (χ3n) is 5.54. The van der Waals surface area contributed by atoms with E-state index in [-0.39, 0.29) is 12.3 Å². The van der Waals surface area contributed by atoms with Crippen molar-refractivity contribution in [3.63, 3.8) is 0 Å². The molecule has 0 aliphatic carbocycles. The van der Waals surface area contributed by atoms with Crippen LogP contribution in [0.1, 0.15) is 11.3 Å². The molecule has 8 nitrogen and oxygen atoms in total. The van der Waals surface area contributed by atoms with Gasteiger partial charge in [-0.15, -0.1) is 0 Å². The molecule has 4 aromatic heterocycles. The van der Waals surface area contributed by atoms with Crippen molar-refractivity contribution in [2.24, 2.45) is 15.0 Å². The first-order chi connectivity index (χ1) is 17.2. The average Bonchev–Trinajstić information content (AvgIpc) is 3.67. The molecule has 0 atom stereocenters. The van der Waals surface area contributed by atoms with Crippen LogP contribution < -0.4 is 4.80 Å². The summed E-state index contributed by atoms with van der Waals surface area (Å²) in [5, 5.41) is 0. The van der Waals surface area contributed by atoms with Crippen molar-refractivity contribution in [2.45, 2.75) is 6.42 Å². The number of benzene rings is 1. The van der Waals surface area contributed by atoms with Gasteiger partial charge in [0.1, 0.15) is 0 Å². The molecule has 5 aromatic rings. The average molecular weight is 478 g/mol. The number of aromatic amines is 2. The number of pyridine rings is 1. The molecule has 0 saturated heterocycles. The van der Waals surface area contributed by atoms with E-state index in [0.29, 0.717) is 5.84 Å². The molecule has 1 amide bonds. The van der Waals surface area contributed by atoms with E-state index in [9.17, 15) is 4.79 Å². The van der Waals surface area contributed by atoms with Gasteiger partial charge in [-0.1, -0.05) is 18.2 Å². The fourth-order valence-electron chi connectivity index (χ4n) is 3.87. The molecule has 35 heavy (non-hydrogen) atoms. The lowest BCUT2D eigenvalue weighted by molar-refractivity contribution is -0.117. The number of allylic oxidation sites excluding steroid dienone is 1. The van der Waals surface area contributed by atoms with Gasteiger partial charge < -0.3 is 9.97 Å². The van der Waals surface area contributed by atoms with Crippen LogP contribution in [0.5, 0.6) is 0 Å². The van der Waals surface area contributed by atoms with E-state index in [1.54, 1.807) is 6.08 Å². The van der Waals surface area contributed by atoms with Gasteiger partial charge in [-0.2, -0.15) is 9.37 Å². The van der Waals surface area contributed by atoms with Crippen LogP contribution in [0.4, 0.5) is 5.69 Å². The molecule has 0 radical (unpaired) electrons. The van der Waals surface area contributed by atoms with Crippen molar-refractivity contribution in [1.29, 1.82) is 0 Å². The number of carbonyl (C=O) groups is 1. The largest absolute Gasteiger partial charge is 0.361 e. The minimum absolute atomic E-state index is 0.191. The van der Waals surface area contributed by atoms with Gasteiger partial charge in [0.15, 0.2) is 11.5 Å². The highest BCUT2D eigenvalue weighted by Gasteiger charge is 2.16. The number of amidine groups is 1. The molecule has 170 valence electrons. The third-order valence-corrected chi connectivity index (χ3v) is 6.27. The van der Waals surface area contributed by atoms with E-state index in [1.807, 2.05) is 89.7 Å². The molecule has 1 aliphatic heterocycles. The van der Waals surface area contributed by atoms with Gasteiger partial charge in [0.2, 0.25) is 4.80 Å². The van der Waals surface area contributed by atoms with Gasteiger partial charge in [-0.05, 0) is 60.2 Å². The summed E-state index contributed by atoms with van der Waals surface area (Å²) in [6.07, 6.45) is 9.50. The van der Waals surface area contributed by atoms with Gasteiger partial charge in [-0.3, -0.25) is 9.20 Å². The number of fused-ring (bicyclic) bond motifs is 1. The van der Waals surface area contributed by atoms with Crippen LogP contribution >= 0.6 is 11.5 Å². The van der Waals surface area contributed by atoms with Crippen molar-refractivity contribution in [1.82, 2.24) is 18.7 Å². The lowest BCUT2D eigenvalue weighted by Gasteiger charge is -2.00. The summed E-state index contributed by atoms with van der Waals surface area (Å²) in [4.78, 5) is 33.2. The number of H-pyrrole nitrogens is 2. The van der Waals surface area contributed by atoms with Crippen LogP contribution in [0.15, 0.2) is 106 Å². The second-order valence-electron chi connectivity index (χ2n) is 7.89. The fraction of sp³-hybridized carbons (Fsp3) is 0.0385. The Morgan fingerprint density at radius 3 is 2.74 bits per heavy atom. The summed E-state index contributed by atoms with van der Waals surface area (Å²) in [5.74, 6) is 0.150. The van der Waals surface area contributed by atoms with Gasteiger partial charge >= 0.3 is 0 Å². The topological polar surface area (TPSA) is 103 Å². The van der Waals surface area contributed by atoms with E-state index in [2.05, 4.69) is 29.3 Å². The maximum atomic E-state index is 12.6. The number of hydrogen-bond donors (Lipinski definition) is 2. The lowest BCUT2D eigenvalue weighted by Crippen LogP contribution is -2.05. The number of hydrogen-bond acceptors (Lipinski definition) is 4. The summed E-state index contributed by atoms with van der Waals surface area (Å²) in [6, 6.07) is 19.3. The quantitative estimate of drug-likeness (QED) is 0.390. The monoisotopic (exact) mass is 477 g/mol. The molecule has 9 heteroatoms. The van der Waals surface area contributed by atoms with Crippen molar-refractivity contribution >= 4 is 40.3 Å². The van der Waals surface area contributed by atoms with Crippen molar-refractivity contribution < 1.29 is 4.79 Å². The normalized spacial score (nSPS) is 14.8. The predicted octanol–water partition coefficient (Wildman–Crippen LogP) is 4.48. The molecule has 0 unspecified atom stereocenters. The zero-order chi connectivity index (χ0) is 23.6. The minimum atomic E-state index is -0.251. The Morgan fingerprint density at radius 2 is 1.89 bits per heavy atom. The highest BCUT2D eigenvalue weighted by Crippen LogP contribution is 2.23. The van der Waals surface area contributed by atoms with Crippen molar-refractivity contribution in [2.75, 3.05) is 0 Å². The van der Waals surface area contributed by atoms with Crippen LogP contribution in [0.2, 0.25) is 0 Å². The van der Waals surface area contributed by atoms with Crippen LogP contribution in [0.25, 0.3) is 16.9 Å². The second-order valence-corrected chi connectivity index (χ2v) is 8.62. The van der Waals surface area contributed by atoms with Gasteiger partial charge in [0, 0.05) is 41.4 Å². The minimum Gasteiger partial charge on any atom is -0.361 e. The highest BCUT2D eigenvalue weighted by molar-refractivity contribution is 7.03. The van der Waals surface area contributed by atoms with Crippen LogP contribution in [0, 0.1) is 0 Å². The molecule has 5 heterocycles. The SMILES string of the molecule is O=C(Cc1ccc(N=c2snc3ccccn23)cc1)N=C1C=CC(c2[nH]ccc2-c2ccc[nH]2)=N1. The molecule has 2 N–H and O–H groups in total. The van der Waals surface area contributed by atoms with Gasteiger partial charge in [0.05, 0.1) is 23.5 Å². The highest BCUT2D eigenvalue weighted by atomic mass is 32.1. The van der Waals surface area contributed by atoms with Crippen LogP contribution in [-0.4, -0.2) is 36.2 Å². The first kappa shape index (κ1) is 20.9. The first-order valence-electron chi connectivity index (χ1n) is 11.0. The molecule has 1 aliphatic rings. The Balaban J connectivity index is 1.16. The first-order valence-corrected chi connectivity index (χ1v) is 11.8. The standard InChI is InChI=1S/C26H19N7OS/c34-24(31-22-11-10-21(30-22)25-19(12-14-28-25)20-4-3-13-27-20)16-17-6-8-18(9-7-17)29-26-33-15-2-1-5-23(33)32-35-26/h1-15,27-28H,16H2. The smallest absolute Gasteiger partial charge is 0.252 e. The molecule has 1 aromatic carbocycles. The molecule has 0 bridgehead atoms. The summed E-state index contributed by atoms with van der Waals surface area (Å²) < 4.78 is 6.33. The molecule has 6 rings (SSSR count). The predicted molar refractivity (Wildman–Crippen MR) is 137 cm³/mol.